The minimum Gasteiger partial charge on any atom is -0.457 e. The number of nitrogens with two attached hydrogens (primary N) is 1. The summed E-state index contributed by atoms with van der Waals surface area (Å²) in [5, 5.41) is 5.80. The topological polar surface area (TPSA) is 60.2 Å². The molecule has 1 unspecified atom stereocenters. The average molecular weight is 545 g/mol. The summed E-state index contributed by atoms with van der Waals surface area (Å²) in [6.45, 7) is 0. The Kier molecular flexibility index (Phi) is 10.4. The Morgan fingerprint density at radius 1 is 0.889 bits per heavy atom. The van der Waals surface area contributed by atoms with E-state index < -0.39 is 0 Å². The number of para-hydroxylation sites is 1. The molecule has 0 spiro atoms. The fourth-order valence-corrected chi connectivity index (χ4v) is 5.00. The van der Waals surface area contributed by atoms with Crippen LogP contribution in [0.25, 0.3) is 10.9 Å². The fraction of sp³-hybridized carbons (Fsp3) is 0.276. The van der Waals surface area contributed by atoms with Gasteiger partial charge in [0, 0.05) is 34.7 Å². The molecule has 7 heteroatoms. The van der Waals surface area contributed by atoms with Crippen molar-refractivity contribution < 1.29 is 4.74 Å². The largest absolute Gasteiger partial charge is 0.457 e. The van der Waals surface area contributed by atoms with Crippen LogP contribution < -0.4 is 15.8 Å². The van der Waals surface area contributed by atoms with Crippen molar-refractivity contribution in [1.82, 2.24) is 10.3 Å². The number of hydrogen-bond acceptors (Lipinski definition) is 4. The summed E-state index contributed by atoms with van der Waals surface area (Å²) in [6, 6.07) is 27.3. The van der Waals surface area contributed by atoms with Crippen molar-refractivity contribution >= 4 is 47.3 Å². The van der Waals surface area contributed by atoms with Gasteiger partial charge in [0.05, 0.1) is 5.52 Å². The van der Waals surface area contributed by atoms with Gasteiger partial charge in [0.2, 0.25) is 0 Å². The first-order valence-corrected chi connectivity index (χ1v) is 12.4. The van der Waals surface area contributed by atoms with Gasteiger partial charge >= 0.3 is 0 Å². The molecule has 1 aromatic heterocycles. The SMILES string of the molecule is Cl.Cl.NC1CCC(NC(Cc2ccc(Oc3ccccc3)cc2)c2ccnc3cc(Cl)ccc23)CC1. The molecule has 5 rings (SSSR count). The maximum absolute atomic E-state index is 6.24. The van der Waals surface area contributed by atoms with E-state index in [1.165, 1.54) is 11.1 Å². The number of fused-ring (bicyclic) bond motifs is 1. The highest BCUT2D eigenvalue weighted by Gasteiger charge is 2.23. The number of halogens is 3. The standard InChI is InChI=1S/C29H30ClN3O.2ClH/c30-21-8-15-26-27(16-17-32-28(26)19-21)29(33-23-11-9-22(31)10-12-23)18-20-6-13-25(14-7-20)34-24-4-2-1-3-5-24;;/h1-8,13-17,19,22-23,29,33H,9-12,18,31H2;2*1H. The van der Waals surface area contributed by atoms with Crippen molar-refractivity contribution in [2.45, 2.75) is 50.2 Å². The van der Waals surface area contributed by atoms with Crippen LogP contribution >= 0.6 is 36.4 Å². The molecule has 1 fully saturated rings. The van der Waals surface area contributed by atoms with Gasteiger partial charge in [-0.3, -0.25) is 4.98 Å². The Balaban J connectivity index is 0.00000180. The summed E-state index contributed by atoms with van der Waals surface area (Å²) in [4.78, 5) is 4.56. The van der Waals surface area contributed by atoms with E-state index in [0.29, 0.717) is 17.1 Å². The van der Waals surface area contributed by atoms with Gasteiger partial charge in [-0.05, 0) is 85.7 Å². The van der Waals surface area contributed by atoms with E-state index in [9.17, 15) is 0 Å². The first-order chi connectivity index (χ1) is 16.6. The number of ether oxygens (including phenoxy) is 1. The third kappa shape index (κ3) is 7.12. The van der Waals surface area contributed by atoms with Crippen LogP contribution in [0.15, 0.2) is 85.1 Å². The number of aromatic nitrogens is 1. The molecule has 4 aromatic rings. The molecular weight excluding hydrogens is 513 g/mol. The first-order valence-electron chi connectivity index (χ1n) is 12.0. The van der Waals surface area contributed by atoms with Crippen LogP contribution in [0.4, 0.5) is 0 Å². The molecule has 1 aliphatic rings. The zero-order chi connectivity index (χ0) is 23.3. The Bertz CT molecular complexity index is 1230. The number of rotatable bonds is 7. The van der Waals surface area contributed by atoms with Crippen molar-refractivity contribution in [3.8, 4) is 11.5 Å². The van der Waals surface area contributed by atoms with E-state index in [1.807, 2.05) is 60.8 Å². The molecule has 1 aliphatic carbocycles. The minimum atomic E-state index is 0. The van der Waals surface area contributed by atoms with Gasteiger partial charge in [0.25, 0.3) is 0 Å². The van der Waals surface area contributed by atoms with Crippen LogP contribution in [-0.4, -0.2) is 17.1 Å². The molecule has 3 N–H and O–H groups in total. The van der Waals surface area contributed by atoms with Gasteiger partial charge in [-0.1, -0.05) is 48.0 Å². The normalized spacial score (nSPS) is 18.1. The quantitative estimate of drug-likeness (QED) is 0.251. The maximum Gasteiger partial charge on any atom is 0.127 e. The molecule has 0 bridgehead atoms. The third-order valence-corrected chi connectivity index (χ3v) is 6.90. The second-order valence-corrected chi connectivity index (χ2v) is 9.59. The number of hydrogen-bond donors (Lipinski definition) is 2. The lowest BCUT2D eigenvalue weighted by atomic mass is 9.89. The first kappa shape index (κ1) is 28.2. The Morgan fingerprint density at radius 3 is 2.31 bits per heavy atom. The summed E-state index contributed by atoms with van der Waals surface area (Å²) in [5.41, 5.74) is 9.59. The van der Waals surface area contributed by atoms with Crippen LogP contribution in [0.2, 0.25) is 5.02 Å². The Labute approximate surface area is 230 Å². The average Bonchev–Trinajstić information content (AvgIpc) is 2.86. The summed E-state index contributed by atoms with van der Waals surface area (Å²) in [5.74, 6) is 1.68. The predicted octanol–water partition coefficient (Wildman–Crippen LogP) is 7.67. The minimum absolute atomic E-state index is 0. The zero-order valence-corrected chi connectivity index (χ0v) is 22.4. The lowest BCUT2D eigenvalue weighted by Crippen LogP contribution is -2.40. The lowest BCUT2D eigenvalue weighted by Gasteiger charge is -2.31. The summed E-state index contributed by atoms with van der Waals surface area (Å²) < 4.78 is 5.98. The molecule has 1 heterocycles. The van der Waals surface area contributed by atoms with E-state index in [2.05, 4.69) is 34.6 Å². The summed E-state index contributed by atoms with van der Waals surface area (Å²) in [7, 11) is 0. The van der Waals surface area contributed by atoms with E-state index in [4.69, 9.17) is 22.1 Å². The van der Waals surface area contributed by atoms with Gasteiger partial charge in [0.1, 0.15) is 11.5 Å². The third-order valence-electron chi connectivity index (χ3n) is 6.66. The second-order valence-electron chi connectivity index (χ2n) is 9.16. The van der Waals surface area contributed by atoms with Gasteiger partial charge in [-0.2, -0.15) is 0 Å². The number of pyridine rings is 1. The molecular formula is C29H32Cl3N3O. The highest BCUT2D eigenvalue weighted by atomic mass is 35.5. The molecule has 1 atom stereocenters. The van der Waals surface area contributed by atoms with Gasteiger partial charge in [-0.15, -0.1) is 24.8 Å². The smallest absolute Gasteiger partial charge is 0.127 e. The van der Waals surface area contributed by atoms with Crippen LogP contribution in [0.3, 0.4) is 0 Å². The number of nitrogens with one attached hydrogen (secondary N) is 1. The fourth-order valence-electron chi connectivity index (χ4n) is 4.83. The van der Waals surface area contributed by atoms with Crippen LogP contribution in [0.5, 0.6) is 11.5 Å². The number of benzene rings is 3. The van der Waals surface area contributed by atoms with Gasteiger partial charge in [0.15, 0.2) is 0 Å². The molecule has 0 saturated heterocycles. The number of nitrogens with zero attached hydrogens (tertiary/aromatic N) is 1. The van der Waals surface area contributed by atoms with Crippen molar-refractivity contribution in [1.29, 1.82) is 0 Å². The van der Waals surface area contributed by atoms with Gasteiger partial charge in [-0.25, -0.2) is 0 Å². The van der Waals surface area contributed by atoms with Crippen molar-refractivity contribution in [3.63, 3.8) is 0 Å². The maximum atomic E-state index is 6.24. The molecule has 36 heavy (non-hydrogen) atoms. The zero-order valence-electron chi connectivity index (χ0n) is 20.0. The molecule has 0 amide bonds. The highest BCUT2D eigenvalue weighted by molar-refractivity contribution is 6.31. The summed E-state index contributed by atoms with van der Waals surface area (Å²) >= 11 is 6.24. The van der Waals surface area contributed by atoms with Crippen LogP contribution in [-0.2, 0) is 6.42 Å². The van der Waals surface area contributed by atoms with Crippen LogP contribution in [0.1, 0.15) is 42.9 Å². The molecule has 3 aromatic carbocycles. The van der Waals surface area contributed by atoms with E-state index in [1.54, 1.807) is 0 Å². The Morgan fingerprint density at radius 2 is 1.58 bits per heavy atom. The van der Waals surface area contributed by atoms with Crippen molar-refractivity contribution in [2.75, 3.05) is 0 Å². The highest BCUT2D eigenvalue weighted by Crippen LogP contribution is 2.30. The molecule has 4 nitrogen and oxygen atoms in total. The van der Waals surface area contributed by atoms with E-state index in [-0.39, 0.29) is 30.9 Å². The molecule has 0 aliphatic heterocycles. The summed E-state index contributed by atoms with van der Waals surface area (Å²) in [6.07, 6.45) is 7.12. The van der Waals surface area contributed by atoms with Gasteiger partial charge < -0.3 is 15.8 Å². The monoisotopic (exact) mass is 543 g/mol. The molecule has 0 radical (unpaired) electrons. The second kappa shape index (κ2) is 13.3. The predicted molar refractivity (Wildman–Crippen MR) is 154 cm³/mol. The molecule has 190 valence electrons. The van der Waals surface area contributed by atoms with Crippen LogP contribution in [0, 0.1) is 0 Å². The van der Waals surface area contributed by atoms with E-state index >= 15 is 0 Å². The van der Waals surface area contributed by atoms with Crippen molar-refractivity contribution in [2.24, 2.45) is 5.73 Å². The van der Waals surface area contributed by atoms with E-state index in [0.717, 1.165) is 54.5 Å². The van der Waals surface area contributed by atoms with Crippen molar-refractivity contribution in [3.05, 3.63) is 101 Å². The Hall–Kier alpha value is -2.34. The lowest BCUT2D eigenvalue weighted by molar-refractivity contribution is 0.315. The molecule has 1 saturated carbocycles.